The molecule has 1 amide bonds. The van der Waals surface area contributed by atoms with Gasteiger partial charge in [-0.1, -0.05) is 59.6 Å². The predicted molar refractivity (Wildman–Crippen MR) is 143 cm³/mol. The molecule has 8 heteroatoms. The molecule has 0 aliphatic rings. The molecule has 6 rings (SSSR count). The van der Waals surface area contributed by atoms with Gasteiger partial charge in [-0.3, -0.25) is 4.79 Å². The smallest absolute Gasteiger partial charge is 0.291 e. The van der Waals surface area contributed by atoms with Crippen molar-refractivity contribution in [2.45, 2.75) is 6.92 Å². The van der Waals surface area contributed by atoms with Crippen LogP contribution in [0.25, 0.3) is 38.8 Å². The Balaban J connectivity index is 1.30. The van der Waals surface area contributed by atoms with E-state index in [4.69, 9.17) is 27.6 Å². The zero-order valence-electron chi connectivity index (χ0n) is 19.0. The third kappa shape index (κ3) is 4.00. The second-order valence-corrected chi connectivity index (χ2v) is 9.23. The summed E-state index contributed by atoms with van der Waals surface area (Å²) in [5.74, 6) is 0.261. The number of carbonyl (C=O) groups is 1. The quantitative estimate of drug-likeness (QED) is 0.262. The molecule has 0 aliphatic carbocycles. The van der Waals surface area contributed by atoms with Crippen molar-refractivity contribution in [2.24, 2.45) is 0 Å². The highest BCUT2D eigenvalue weighted by Crippen LogP contribution is 2.32. The maximum absolute atomic E-state index is 13.0. The third-order valence-corrected chi connectivity index (χ3v) is 6.53. The van der Waals surface area contributed by atoms with Crippen LogP contribution in [0.4, 0.5) is 5.69 Å². The Labute approximate surface area is 216 Å². The molecular weight excluding hydrogens is 495 g/mol. The van der Waals surface area contributed by atoms with Crippen LogP contribution >= 0.6 is 23.2 Å². The highest BCUT2D eigenvalue weighted by Gasteiger charge is 2.17. The van der Waals surface area contributed by atoms with Crippen LogP contribution in [0.15, 0.2) is 89.3 Å². The summed E-state index contributed by atoms with van der Waals surface area (Å²) in [5.41, 5.74) is 4.42. The summed E-state index contributed by atoms with van der Waals surface area (Å²) in [7, 11) is 0. The van der Waals surface area contributed by atoms with E-state index in [2.05, 4.69) is 27.6 Å². The first-order valence-electron chi connectivity index (χ1n) is 11.2. The van der Waals surface area contributed by atoms with Crippen molar-refractivity contribution >= 4 is 56.6 Å². The second-order valence-electron chi connectivity index (χ2n) is 8.39. The molecule has 6 nitrogen and oxygen atoms in total. The molecule has 0 unspecified atom stereocenters. The number of nitrogens with zero attached hydrogens (tertiary/aromatic N) is 3. The second kappa shape index (κ2) is 8.82. The van der Waals surface area contributed by atoms with Crippen molar-refractivity contribution in [3.05, 3.63) is 106 Å². The van der Waals surface area contributed by atoms with Gasteiger partial charge in [0, 0.05) is 21.7 Å². The van der Waals surface area contributed by atoms with E-state index in [0.717, 1.165) is 27.5 Å². The summed E-state index contributed by atoms with van der Waals surface area (Å²) in [6, 6.07) is 26.3. The summed E-state index contributed by atoms with van der Waals surface area (Å²) >= 11 is 12.3. The van der Waals surface area contributed by atoms with Gasteiger partial charge in [0.1, 0.15) is 16.8 Å². The van der Waals surface area contributed by atoms with Crippen LogP contribution in [0.1, 0.15) is 16.1 Å². The number of anilines is 1. The average molecular weight is 513 g/mol. The van der Waals surface area contributed by atoms with Gasteiger partial charge in [-0.05, 0) is 66.4 Å². The van der Waals surface area contributed by atoms with Crippen LogP contribution in [0.3, 0.4) is 0 Å². The molecule has 6 aromatic rings. The number of fused-ring (bicyclic) bond motifs is 2. The number of amides is 1. The van der Waals surface area contributed by atoms with Crippen molar-refractivity contribution in [2.75, 3.05) is 5.32 Å². The van der Waals surface area contributed by atoms with Crippen molar-refractivity contribution in [3.63, 3.8) is 0 Å². The first-order chi connectivity index (χ1) is 17.5. The number of halogens is 2. The SMILES string of the molecule is Cc1cc2nn(-c3cccc4ccccc34)nc2cc1NC(=O)c1ccc(-c2ccc(Cl)cc2Cl)o1. The van der Waals surface area contributed by atoms with E-state index < -0.39 is 0 Å². The maximum Gasteiger partial charge on any atom is 0.291 e. The van der Waals surface area contributed by atoms with Crippen LogP contribution in [0.5, 0.6) is 0 Å². The molecule has 0 aliphatic heterocycles. The summed E-state index contributed by atoms with van der Waals surface area (Å²) < 4.78 is 5.78. The van der Waals surface area contributed by atoms with Crippen LogP contribution < -0.4 is 5.32 Å². The van der Waals surface area contributed by atoms with Crippen molar-refractivity contribution in [3.8, 4) is 17.0 Å². The van der Waals surface area contributed by atoms with Crippen LogP contribution in [-0.4, -0.2) is 20.9 Å². The minimum absolute atomic E-state index is 0.162. The lowest BCUT2D eigenvalue weighted by molar-refractivity contribution is 0.0997. The zero-order valence-corrected chi connectivity index (χ0v) is 20.5. The minimum Gasteiger partial charge on any atom is -0.451 e. The molecule has 0 saturated carbocycles. The van der Waals surface area contributed by atoms with E-state index in [1.807, 2.05) is 49.4 Å². The lowest BCUT2D eigenvalue weighted by atomic mass is 10.1. The number of aromatic nitrogens is 3. The minimum atomic E-state index is -0.379. The first-order valence-corrected chi connectivity index (χ1v) is 11.9. The van der Waals surface area contributed by atoms with Gasteiger partial charge in [-0.2, -0.15) is 0 Å². The average Bonchev–Trinajstić information content (AvgIpc) is 3.51. The van der Waals surface area contributed by atoms with E-state index >= 15 is 0 Å². The molecule has 0 saturated heterocycles. The van der Waals surface area contributed by atoms with E-state index in [1.54, 1.807) is 35.1 Å². The topological polar surface area (TPSA) is 73.0 Å². The fraction of sp³-hybridized carbons (Fsp3) is 0.0357. The van der Waals surface area contributed by atoms with Crippen LogP contribution in [0.2, 0.25) is 10.0 Å². The molecule has 0 radical (unpaired) electrons. The number of nitrogens with one attached hydrogen (secondary N) is 1. The number of hydrogen-bond acceptors (Lipinski definition) is 4. The Morgan fingerprint density at radius 3 is 2.50 bits per heavy atom. The molecular formula is C28H18Cl2N4O2. The molecule has 2 heterocycles. The van der Waals surface area contributed by atoms with E-state index in [0.29, 0.717) is 32.6 Å². The van der Waals surface area contributed by atoms with Gasteiger partial charge < -0.3 is 9.73 Å². The maximum atomic E-state index is 13.0. The molecule has 4 aromatic carbocycles. The predicted octanol–water partition coefficient (Wildman–Crippen LogP) is 7.70. The number of hydrogen-bond donors (Lipinski definition) is 1. The highest BCUT2D eigenvalue weighted by atomic mass is 35.5. The van der Waals surface area contributed by atoms with Crippen molar-refractivity contribution < 1.29 is 9.21 Å². The Morgan fingerprint density at radius 1 is 0.889 bits per heavy atom. The first kappa shape index (κ1) is 22.3. The van der Waals surface area contributed by atoms with Gasteiger partial charge in [0.25, 0.3) is 5.91 Å². The number of rotatable bonds is 4. The Morgan fingerprint density at radius 2 is 1.67 bits per heavy atom. The summed E-state index contributed by atoms with van der Waals surface area (Å²) in [6.45, 7) is 1.91. The Bertz CT molecular complexity index is 1780. The lowest BCUT2D eigenvalue weighted by Crippen LogP contribution is -2.11. The van der Waals surface area contributed by atoms with Crippen LogP contribution in [-0.2, 0) is 0 Å². The summed E-state index contributed by atoms with van der Waals surface area (Å²) in [4.78, 5) is 14.6. The van der Waals surface area contributed by atoms with Gasteiger partial charge in [-0.25, -0.2) is 0 Å². The van der Waals surface area contributed by atoms with Crippen LogP contribution in [0, 0.1) is 6.92 Å². The van der Waals surface area contributed by atoms with E-state index in [9.17, 15) is 4.79 Å². The number of aryl methyl sites for hydroxylation is 1. The molecule has 176 valence electrons. The van der Waals surface area contributed by atoms with E-state index in [-0.39, 0.29) is 11.7 Å². The monoisotopic (exact) mass is 512 g/mol. The Kier molecular flexibility index (Phi) is 5.48. The normalized spacial score (nSPS) is 11.3. The van der Waals surface area contributed by atoms with Crippen molar-refractivity contribution in [1.82, 2.24) is 15.0 Å². The third-order valence-electron chi connectivity index (χ3n) is 5.98. The molecule has 0 fully saturated rings. The zero-order chi connectivity index (χ0) is 24.8. The molecule has 2 aromatic heterocycles. The Hall–Kier alpha value is -4.13. The molecule has 0 bridgehead atoms. The van der Waals surface area contributed by atoms with Gasteiger partial charge in [0.05, 0.1) is 10.7 Å². The van der Waals surface area contributed by atoms with Gasteiger partial charge in [0.2, 0.25) is 0 Å². The van der Waals surface area contributed by atoms with Gasteiger partial charge >= 0.3 is 0 Å². The fourth-order valence-corrected chi connectivity index (χ4v) is 4.67. The van der Waals surface area contributed by atoms with Gasteiger partial charge in [-0.15, -0.1) is 15.0 Å². The molecule has 0 spiro atoms. The van der Waals surface area contributed by atoms with Crippen molar-refractivity contribution in [1.29, 1.82) is 0 Å². The fourth-order valence-electron chi connectivity index (χ4n) is 4.17. The lowest BCUT2D eigenvalue weighted by Gasteiger charge is -2.07. The molecule has 36 heavy (non-hydrogen) atoms. The number of carbonyl (C=O) groups excluding carboxylic acids is 1. The van der Waals surface area contributed by atoms with Gasteiger partial charge in [0.15, 0.2) is 5.76 Å². The number of benzene rings is 4. The standard InChI is InChI=1S/C28H18Cl2N4O2/c1-16-13-23-24(33-34(32-23)25-8-4-6-17-5-2-3-7-19(17)25)15-22(16)31-28(35)27-12-11-26(36-27)20-10-9-18(29)14-21(20)30/h2-15H,1H3,(H,31,35). The summed E-state index contributed by atoms with van der Waals surface area (Å²) in [6.07, 6.45) is 0. The largest absolute Gasteiger partial charge is 0.451 e. The summed E-state index contributed by atoms with van der Waals surface area (Å²) in [5, 5.41) is 15.4. The molecule has 0 atom stereocenters. The number of furan rings is 1. The van der Waals surface area contributed by atoms with E-state index in [1.165, 1.54) is 0 Å². The highest BCUT2D eigenvalue weighted by molar-refractivity contribution is 6.36. The molecule has 1 N–H and O–H groups in total.